The van der Waals surface area contributed by atoms with E-state index < -0.39 is 0 Å². The fourth-order valence-corrected chi connectivity index (χ4v) is 1.20. The van der Waals surface area contributed by atoms with E-state index in [0.717, 1.165) is 0 Å². The predicted octanol–water partition coefficient (Wildman–Crippen LogP) is -1.95. The molecule has 0 atom stereocenters. The first-order valence-corrected chi connectivity index (χ1v) is 4.99. The van der Waals surface area contributed by atoms with Crippen LogP contribution in [0.25, 0.3) is 0 Å². The van der Waals surface area contributed by atoms with E-state index in [1.165, 1.54) is 22.3 Å². The molecule has 94 valence electrons. The minimum absolute atomic E-state index is 0. The average Bonchev–Trinajstić information content (AvgIpc) is 2.67. The Kier molecular flexibility index (Phi) is 14.2. The van der Waals surface area contributed by atoms with Crippen molar-refractivity contribution in [2.45, 2.75) is 27.7 Å². The molecule has 0 heterocycles. The van der Waals surface area contributed by atoms with Gasteiger partial charge >= 0.3 is 17.4 Å². The second-order valence-electron chi connectivity index (χ2n) is 3.78. The quantitative estimate of drug-likeness (QED) is 0.496. The van der Waals surface area contributed by atoms with Crippen LogP contribution < -0.4 is 24.8 Å². The third-order valence-corrected chi connectivity index (χ3v) is 2.63. The van der Waals surface area contributed by atoms with Gasteiger partial charge in [0.05, 0.1) is 0 Å². The number of aryl methyl sites for hydroxylation is 4. The molecule has 0 aliphatic carbocycles. The van der Waals surface area contributed by atoms with Crippen LogP contribution in [0.1, 0.15) is 22.3 Å². The fourth-order valence-electron chi connectivity index (χ4n) is 1.20. The molecule has 0 nitrogen and oxygen atoms in total. The first-order chi connectivity index (χ1) is 6.61. The zero-order chi connectivity index (χ0) is 10.6. The maximum absolute atomic E-state index is 2.12. The number of rotatable bonds is 0. The van der Waals surface area contributed by atoms with Crippen molar-refractivity contribution in [1.82, 2.24) is 0 Å². The fraction of sp³-hybridized carbons (Fsp3) is 0.286. The van der Waals surface area contributed by atoms with Crippen LogP contribution in [0.3, 0.4) is 0 Å². The first kappa shape index (κ1) is 22.0. The van der Waals surface area contributed by atoms with Crippen LogP contribution in [-0.2, 0) is 17.4 Å². The van der Waals surface area contributed by atoms with Crippen molar-refractivity contribution in [3.63, 3.8) is 0 Å². The van der Waals surface area contributed by atoms with E-state index in [-0.39, 0.29) is 42.2 Å². The van der Waals surface area contributed by atoms with Crippen molar-refractivity contribution >= 4 is 0 Å². The Hall–Kier alpha value is -0.188. The van der Waals surface area contributed by atoms with Gasteiger partial charge in [0, 0.05) is 0 Å². The minimum Gasteiger partial charge on any atom is -1.00 e. The smallest absolute Gasteiger partial charge is 1.00 e. The molecular weight excluding hydrogens is 291 g/mol. The largest absolute Gasteiger partial charge is 4.00 e. The molecule has 2 rings (SSSR count). The molecule has 2 aromatic carbocycles. The van der Waals surface area contributed by atoms with E-state index in [0.29, 0.717) is 0 Å². The third-order valence-electron chi connectivity index (χ3n) is 2.63. The van der Waals surface area contributed by atoms with Crippen LogP contribution in [0.4, 0.5) is 0 Å². The molecule has 0 saturated carbocycles. The SMILES string of the molecule is Cc1ccc[c-]1C.Cc1ccc[c-]1C.[Cl-].[Cl-].[Cr+4]. The summed E-state index contributed by atoms with van der Waals surface area (Å²) < 4.78 is 0. The van der Waals surface area contributed by atoms with Crippen molar-refractivity contribution < 1.29 is 42.2 Å². The summed E-state index contributed by atoms with van der Waals surface area (Å²) in [7, 11) is 0. The number of hydrogen-bond acceptors (Lipinski definition) is 0. The third kappa shape index (κ3) is 7.69. The molecular formula is C14H18Cl2Cr. The van der Waals surface area contributed by atoms with Crippen LogP contribution in [0.2, 0.25) is 0 Å². The summed E-state index contributed by atoms with van der Waals surface area (Å²) in [5, 5.41) is 0. The predicted molar refractivity (Wildman–Crippen MR) is 63.0 cm³/mol. The molecule has 0 bridgehead atoms. The van der Waals surface area contributed by atoms with E-state index >= 15 is 0 Å². The molecule has 0 aliphatic rings. The average molecular weight is 309 g/mol. The Balaban J connectivity index is -0.000000196. The first-order valence-electron chi connectivity index (χ1n) is 4.99. The second-order valence-corrected chi connectivity index (χ2v) is 3.78. The monoisotopic (exact) mass is 308 g/mol. The van der Waals surface area contributed by atoms with Gasteiger partial charge in [-0.05, 0) is 0 Å². The van der Waals surface area contributed by atoms with Gasteiger partial charge in [0.25, 0.3) is 0 Å². The van der Waals surface area contributed by atoms with Gasteiger partial charge in [-0.3, -0.25) is 0 Å². The van der Waals surface area contributed by atoms with E-state index in [4.69, 9.17) is 0 Å². The minimum atomic E-state index is 0. The molecule has 0 saturated heterocycles. The second kappa shape index (κ2) is 10.9. The van der Waals surface area contributed by atoms with Crippen LogP contribution in [0.15, 0.2) is 36.4 Å². The number of hydrogen-bond donors (Lipinski definition) is 0. The van der Waals surface area contributed by atoms with E-state index in [1.807, 2.05) is 0 Å². The van der Waals surface area contributed by atoms with Gasteiger partial charge in [0.2, 0.25) is 0 Å². The molecule has 17 heavy (non-hydrogen) atoms. The molecule has 0 amide bonds. The topological polar surface area (TPSA) is 0 Å². The van der Waals surface area contributed by atoms with Gasteiger partial charge in [0.1, 0.15) is 0 Å². The van der Waals surface area contributed by atoms with E-state index in [2.05, 4.69) is 64.1 Å². The van der Waals surface area contributed by atoms with Gasteiger partial charge < -0.3 is 24.8 Å². The van der Waals surface area contributed by atoms with Crippen molar-refractivity contribution in [1.29, 1.82) is 0 Å². The normalized spacial score (nSPS) is 7.76. The summed E-state index contributed by atoms with van der Waals surface area (Å²) in [5.41, 5.74) is 5.56. The Morgan fingerprint density at radius 1 is 0.765 bits per heavy atom. The summed E-state index contributed by atoms with van der Waals surface area (Å²) in [6.45, 7) is 8.48. The van der Waals surface area contributed by atoms with E-state index in [1.54, 1.807) is 0 Å². The molecule has 0 N–H and O–H groups in total. The zero-order valence-corrected chi connectivity index (χ0v) is 13.4. The summed E-state index contributed by atoms with van der Waals surface area (Å²) in [5.74, 6) is 0. The Morgan fingerprint density at radius 2 is 1.06 bits per heavy atom. The van der Waals surface area contributed by atoms with Crippen LogP contribution in [0.5, 0.6) is 0 Å². The molecule has 2 aromatic rings. The maximum atomic E-state index is 2.12. The standard InChI is InChI=1S/2C7H9.2ClH.Cr/c2*1-6-4-3-5-7(6)2;;;/h2*3-5H,1-2H3;2*1H;/q2*-1;;;+4/p-2. The molecule has 0 aliphatic heterocycles. The van der Waals surface area contributed by atoms with Gasteiger partial charge in [-0.1, -0.05) is 27.7 Å². The van der Waals surface area contributed by atoms with Crippen LogP contribution in [0, 0.1) is 27.7 Å². The van der Waals surface area contributed by atoms with Crippen LogP contribution >= 0.6 is 0 Å². The molecule has 0 aromatic heterocycles. The maximum Gasteiger partial charge on any atom is 4.00 e. The summed E-state index contributed by atoms with van der Waals surface area (Å²) in [6, 6.07) is 12.6. The summed E-state index contributed by atoms with van der Waals surface area (Å²) in [4.78, 5) is 0. The zero-order valence-electron chi connectivity index (χ0n) is 10.6. The van der Waals surface area contributed by atoms with Crippen molar-refractivity contribution in [2.24, 2.45) is 0 Å². The van der Waals surface area contributed by atoms with E-state index in [9.17, 15) is 0 Å². The Labute approximate surface area is 128 Å². The van der Waals surface area contributed by atoms with Gasteiger partial charge in [-0.25, -0.2) is 24.3 Å². The van der Waals surface area contributed by atoms with Gasteiger partial charge in [-0.15, -0.1) is 0 Å². The molecule has 0 radical (unpaired) electrons. The van der Waals surface area contributed by atoms with Gasteiger partial charge in [-0.2, -0.15) is 34.4 Å². The van der Waals surface area contributed by atoms with Crippen LogP contribution in [-0.4, -0.2) is 0 Å². The summed E-state index contributed by atoms with van der Waals surface area (Å²) >= 11 is 0. The molecule has 0 spiro atoms. The number of halogens is 2. The van der Waals surface area contributed by atoms with Crippen molar-refractivity contribution in [2.75, 3.05) is 0 Å². The Morgan fingerprint density at radius 3 is 1.12 bits per heavy atom. The Bertz CT molecular complexity index is 317. The van der Waals surface area contributed by atoms with Crippen molar-refractivity contribution in [3.05, 3.63) is 58.7 Å². The van der Waals surface area contributed by atoms with Gasteiger partial charge in [0.15, 0.2) is 0 Å². The molecule has 0 unspecified atom stereocenters. The summed E-state index contributed by atoms with van der Waals surface area (Å²) in [6.07, 6.45) is 0. The molecule has 0 fully saturated rings. The molecule has 3 heteroatoms. The van der Waals surface area contributed by atoms with Crippen molar-refractivity contribution in [3.8, 4) is 0 Å².